The predicted molar refractivity (Wildman–Crippen MR) is 84.8 cm³/mol. The summed E-state index contributed by atoms with van der Waals surface area (Å²) < 4.78 is 0. The van der Waals surface area contributed by atoms with Gasteiger partial charge in [0.05, 0.1) is 0 Å². The van der Waals surface area contributed by atoms with Crippen molar-refractivity contribution in [3.05, 3.63) is 60.2 Å². The van der Waals surface area contributed by atoms with Crippen molar-refractivity contribution < 1.29 is 0 Å². The number of hydrogen-bond acceptors (Lipinski definition) is 0. The van der Waals surface area contributed by atoms with E-state index in [-0.39, 0.29) is 5.38 Å². The third kappa shape index (κ3) is 3.39. The first-order chi connectivity index (χ1) is 9.09. The van der Waals surface area contributed by atoms with Crippen molar-refractivity contribution in [1.29, 1.82) is 0 Å². The van der Waals surface area contributed by atoms with Gasteiger partial charge in [-0.1, -0.05) is 75.4 Å². The van der Waals surface area contributed by atoms with E-state index in [0.717, 1.165) is 0 Å². The van der Waals surface area contributed by atoms with Gasteiger partial charge in [-0.05, 0) is 28.5 Å². The monoisotopic (exact) mass is 272 g/mol. The molecule has 0 fully saturated rings. The molecule has 0 aliphatic carbocycles. The van der Waals surface area contributed by atoms with E-state index in [4.69, 9.17) is 11.6 Å². The van der Waals surface area contributed by atoms with Gasteiger partial charge in [-0.2, -0.15) is 0 Å². The number of halogens is 1. The highest BCUT2D eigenvalue weighted by atomic mass is 35.5. The molecule has 0 aliphatic heterocycles. The highest BCUT2D eigenvalue weighted by molar-refractivity contribution is 6.21. The van der Waals surface area contributed by atoms with Crippen LogP contribution in [-0.2, 0) is 0 Å². The first-order valence-corrected chi connectivity index (χ1v) is 7.32. The van der Waals surface area contributed by atoms with Crippen LogP contribution in [0.3, 0.4) is 0 Å². The van der Waals surface area contributed by atoms with Crippen molar-refractivity contribution in [1.82, 2.24) is 0 Å². The molecule has 0 saturated heterocycles. The van der Waals surface area contributed by atoms with Crippen LogP contribution < -0.4 is 0 Å². The van der Waals surface area contributed by atoms with E-state index in [9.17, 15) is 0 Å². The standard InChI is InChI=1S/C18H21Cl/c1-13(2)18(19)14(3)15-9-11-17(12-10-15)16-7-5-4-6-8-16/h4-14,18H,1-3H3. The Labute approximate surface area is 121 Å². The summed E-state index contributed by atoms with van der Waals surface area (Å²) in [6.07, 6.45) is 0. The Bertz CT molecular complexity index is 499. The summed E-state index contributed by atoms with van der Waals surface area (Å²) in [5, 5.41) is 0.183. The third-order valence-corrected chi connectivity index (χ3v) is 4.54. The van der Waals surface area contributed by atoms with E-state index < -0.39 is 0 Å². The Morgan fingerprint density at radius 2 is 1.26 bits per heavy atom. The SMILES string of the molecule is CC(C)C(Cl)C(C)c1ccc(-c2ccccc2)cc1. The second kappa shape index (κ2) is 6.25. The quantitative estimate of drug-likeness (QED) is 0.625. The molecular weight excluding hydrogens is 252 g/mol. The maximum absolute atomic E-state index is 6.46. The molecule has 0 aliphatic rings. The lowest BCUT2D eigenvalue weighted by atomic mass is 9.90. The molecule has 0 saturated carbocycles. The molecule has 0 radical (unpaired) electrons. The van der Waals surface area contributed by atoms with Crippen molar-refractivity contribution in [2.75, 3.05) is 0 Å². The highest BCUT2D eigenvalue weighted by Crippen LogP contribution is 2.30. The second-order valence-corrected chi connectivity index (χ2v) is 5.97. The fraction of sp³-hybridized carbons (Fsp3) is 0.333. The minimum Gasteiger partial charge on any atom is -0.122 e. The first-order valence-electron chi connectivity index (χ1n) is 6.89. The van der Waals surface area contributed by atoms with Crippen LogP contribution in [0.5, 0.6) is 0 Å². The molecule has 2 aromatic carbocycles. The Kier molecular flexibility index (Phi) is 4.66. The maximum Gasteiger partial charge on any atom is 0.0424 e. The Morgan fingerprint density at radius 1 is 0.737 bits per heavy atom. The topological polar surface area (TPSA) is 0 Å². The van der Waals surface area contributed by atoms with Crippen LogP contribution in [0.1, 0.15) is 32.3 Å². The van der Waals surface area contributed by atoms with Gasteiger partial charge in [0.15, 0.2) is 0 Å². The largest absolute Gasteiger partial charge is 0.122 e. The molecule has 0 amide bonds. The van der Waals surface area contributed by atoms with Gasteiger partial charge in [0.25, 0.3) is 0 Å². The minimum absolute atomic E-state index is 0.183. The van der Waals surface area contributed by atoms with Crippen LogP contribution in [-0.4, -0.2) is 5.38 Å². The zero-order valence-electron chi connectivity index (χ0n) is 11.8. The van der Waals surface area contributed by atoms with Crippen LogP contribution in [0.25, 0.3) is 11.1 Å². The molecular formula is C18H21Cl. The zero-order valence-corrected chi connectivity index (χ0v) is 12.6. The van der Waals surface area contributed by atoms with Crippen molar-refractivity contribution in [3.63, 3.8) is 0 Å². The lowest BCUT2D eigenvalue weighted by Gasteiger charge is -2.22. The molecule has 100 valence electrons. The van der Waals surface area contributed by atoms with E-state index >= 15 is 0 Å². The fourth-order valence-corrected chi connectivity index (χ4v) is 2.52. The number of hydrogen-bond donors (Lipinski definition) is 0. The molecule has 2 atom stereocenters. The summed E-state index contributed by atoms with van der Waals surface area (Å²) in [6.45, 7) is 6.55. The van der Waals surface area contributed by atoms with Gasteiger partial charge in [0.2, 0.25) is 0 Å². The average molecular weight is 273 g/mol. The van der Waals surface area contributed by atoms with Crippen molar-refractivity contribution >= 4 is 11.6 Å². The number of rotatable bonds is 4. The van der Waals surface area contributed by atoms with Gasteiger partial charge in [0.1, 0.15) is 0 Å². The molecule has 0 spiro atoms. The first kappa shape index (κ1) is 14.1. The smallest absolute Gasteiger partial charge is 0.0424 e. The predicted octanol–water partition coefficient (Wildman–Crippen LogP) is 5.72. The Hall–Kier alpha value is -1.27. The van der Waals surface area contributed by atoms with Crippen molar-refractivity contribution in [2.45, 2.75) is 32.1 Å². The molecule has 2 unspecified atom stereocenters. The van der Waals surface area contributed by atoms with Crippen LogP contribution in [0.2, 0.25) is 0 Å². The maximum atomic E-state index is 6.46. The zero-order chi connectivity index (χ0) is 13.8. The lowest BCUT2D eigenvalue weighted by molar-refractivity contribution is 0.534. The third-order valence-electron chi connectivity index (χ3n) is 3.66. The summed E-state index contributed by atoms with van der Waals surface area (Å²) in [5.41, 5.74) is 3.83. The van der Waals surface area contributed by atoms with E-state index in [1.807, 2.05) is 6.07 Å². The molecule has 0 aromatic heterocycles. The van der Waals surface area contributed by atoms with Gasteiger partial charge in [-0.25, -0.2) is 0 Å². The van der Waals surface area contributed by atoms with Crippen LogP contribution >= 0.6 is 11.6 Å². The molecule has 0 N–H and O–H groups in total. The highest BCUT2D eigenvalue weighted by Gasteiger charge is 2.19. The molecule has 0 nitrogen and oxygen atoms in total. The van der Waals surface area contributed by atoms with Crippen molar-refractivity contribution in [3.8, 4) is 11.1 Å². The summed E-state index contributed by atoms with van der Waals surface area (Å²) in [5.74, 6) is 0.872. The number of benzene rings is 2. The van der Waals surface area contributed by atoms with Crippen molar-refractivity contribution in [2.24, 2.45) is 5.92 Å². The van der Waals surface area contributed by atoms with Crippen LogP contribution in [0.15, 0.2) is 54.6 Å². The van der Waals surface area contributed by atoms with E-state index in [0.29, 0.717) is 11.8 Å². The lowest BCUT2D eigenvalue weighted by Crippen LogP contribution is -2.16. The fourth-order valence-electron chi connectivity index (χ4n) is 2.37. The molecule has 0 heterocycles. The van der Waals surface area contributed by atoms with Gasteiger partial charge >= 0.3 is 0 Å². The van der Waals surface area contributed by atoms with E-state index in [2.05, 4.69) is 69.3 Å². The number of alkyl halides is 1. The van der Waals surface area contributed by atoms with Crippen LogP contribution in [0.4, 0.5) is 0 Å². The van der Waals surface area contributed by atoms with Crippen LogP contribution in [0, 0.1) is 5.92 Å². The summed E-state index contributed by atoms with van der Waals surface area (Å²) in [7, 11) is 0. The van der Waals surface area contributed by atoms with E-state index in [1.54, 1.807) is 0 Å². The van der Waals surface area contributed by atoms with Gasteiger partial charge < -0.3 is 0 Å². The second-order valence-electron chi connectivity index (χ2n) is 5.47. The Morgan fingerprint density at radius 3 is 1.79 bits per heavy atom. The molecule has 0 bridgehead atoms. The summed E-state index contributed by atoms with van der Waals surface area (Å²) in [4.78, 5) is 0. The minimum atomic E-state index is 0.183. The van der Waals surface area contributed by atoms with Gasteiger partial charge in [-0.15, -0.1) is 11.6 Å². The average Bonchev–Trinajstić information content (AvgIpc) is 2.46. The summed E-state index contributed by atoms with van der Waals surface area (Å²) >= 11 is 6.46. The summed E-state index contributed by atoms with van der Waals surface area (Å²) in [6, 6.07) is 19.2. The van der Waals surface area contributed by atoms with E-state index in [1.165, 1.54) is 16.7 Å². The van der Waals surface area contributed by atoms with Gasteiger partial charge in [-0.3, -0.25) is 0 Å². The molecule has 19 heavy (non-hydrogen) atoms. The Balaban J connectivity index is 2.19. The molecule has 1 heteroatoms. The normalized spacial score (nSPS) is 14.4. The molecule has 2 aromatic rings. The van der Waals surface area contributed by atoms with Gasteiger partial charge in [0, 0.05) is 5.38 Å². The molecule has 2 rings (SSSR count).